The minimum Gasteiger partial charge on any atom is -0.252 e. The minimum absolute atomic E-state index is 0.593. The van der Waals surface area contributed by atoms with Crippen molar-refractivity contribution in [1.29, 1.82) is 0 Å². The van der Waals surface area contributed by atoms with Crippen LogP contribution in [0, 0.1) is 12.8 Å². The van der Waals surface area contributed by atoms with Crippen LogP contribution in [0.25, 0.3) is 11.3 Å². The van der Waals surface area contributed by atoms with Gasteiger partial charge in [-0.3, -0.25) is 4.98 Å². The summed E-state index contributed by atoms with van der Waals surface area (Å²) in [4.78, 5) is 8.45. The number of aromatic nitrogens is 1. The van der Waals surface area contributed by atoms with Crippen LogP contribution >= 0.6 is 23.8 Å². The molecule has 1 saturated carbocycles. The van der Waals surface area contributed by atoms with Crippen LogP contribution in [0.2, 0.25) is 5.02 Å². The highest BCUT2D eigenvalue weighted by Gasteiger charge is 2.22. The number of hydrogen-bond donors (Lipinski definition) is 0. The van der Waals surface area contributed by atoms with Crippen molar-refractivity contribution in [2.45, 2.75) is 71.1 Å². The summed E-state index contributed by atoms with van der Waals surface area (Å²) in [6.45, 7) is 4.43. The van der Waals surface area contributed by atoms with Crippen molar-refractivity contribution < 1.29 is 0 Å². The van der Waals surface area contributed by atoms with Crippen LogP contribution in [-0.4, -0.2) is 10.1 Å². The Hall–Kier alpha value is -1.54. The van der Waals surface area contributed by atoms with Gasteiger partial charge in [0.15, 0.2) is 0 Å². The van der Waals surface area contributed by atoms with E-state index in [0.29, 0.717) is 16.6 Å². The lowest BCUT2D eigenvalue weighted by molar-refractivity contribution is 0.303. The average molecular weight is 413 g/mol. The fourth-order valence-electron chi connectivity index (χ4n) is 4.41. The highest BCUT2D eigenvalue weighted by atomic mass is 35.5. The molecular formula is C24H29ClN2S. The van der Waals surface area contributed by atoms with Gasteiger partial charge < -0.3 is 0 Å². The molecule has 1 aromatic heterocycles. The maximum atomic E-state index is 6.44. The number of aliphatic imine (C=N–C) groups is 1. The maximum absolute atomic E-state index is 6.44. The summed E-state index contributed by atoms with van der Waals surface area (Å²) in [5.74, 6) is 1.64. The van der Waals surface area contributed by atoms with Crippen molar-refractivity contribution in [3.05, 3.63) is 46.6 Å². The summed E-state index contributed by atoms with van der Waals surface area (Å²) in [6.07, 6.45) is 12.6. The van der Waals surface area contributed by atoms with Gasteiger partial charge in [-0.25, -0.2) is 0 Å². The molecule has 148 valence electrons. The molecule has 0 amide bonds. The quantitative estimate of drug-likeness (QED) is 0.259. The van der Waals surface area contributed by atoms with Gasteiger partial charge in [-0.1, -0.05) is 62.4 Å². The Morgan fingerprint density at radius 3 is 2.61 bits per heavy atom. The first-order valence-electron chi connectivity index (χ1n) is 10.5. The number of nitrogens with zero attached hydrogens (tertiary/aromatic N) is 2. The Bertz CT molecular complexity index is 850. The first-order valence-corrected chi connectivity index (χ1v) is 11.2. The van der Waals surface area contributed by atoms with E-state index in [-0.39, 0.29) is 0 Å². The molecule has 0 aliphatic heterocycles. The Morgan fingerprint density at radius 2 is 1.96 bits per heavy atom. The number of halogens is 1. The van der Waals surface area contributed by atoms with Crippen LogP contribution in [-0.2, 0) is 0 Å². The molecule has 3 rings (SSSR count). The van der Waals surface area contributed by atoms with Gasteiger partial charge in [0.25, 0.3) is 0 Å². The van der Waals surface area contributed by atoms with Crippen molar-refractivity contribution in [1.82, 2.24) is 4.98 Å². The molecule has 1 aliphatic carbocycles. The van der Waals surface area contributed by atoms with E-state index >= 15 is 0 Å². The third-order valence-electron chi connectivity index (χ3n) is 6.04. The van der Waals surface area contributed by atoms with E-state index in [1.165, 1.54) is 62.5 Å². The van der Waals surface area contributed by atoms with E-state index in [1.54, 1.807) is 12.3 Å². The number of thiocarbonyl (C=S) groups is 1. The van der Waals surface area contributed by atoms with Crippen molar-refractivity contribution in [2.24, 2.45) is 10.9 Å². The van der Waals surface area contributed by atoms with Crippen molar-refractivity contribution in [2.75, 3.05) is 0 Å². The smallest absolute Gasteiger partial charge is 0.0937 e. The molecule has 2 nitrogen and oxygen atoms in total. The number of pyridine rings is 1. The number of benzene rings is 1. The fraction of sp³-hybridized carbons (Fsp3) is 0.500. The summed E-state index contributed by atoms with van der Waals surface area (Å²) in [7, 11) is 0. The molecule has 0 spiro atoms. The van der Waals surface area contributed by atoms with Crippen molar-refractivity contribution in [3.63, 3.8) is 0 Å². The zero-order valence-electron chi connectivity index (χ0n) is 16.9. The van der Waals surface area contributed by atoms with Crippen LogP contribution in [0.3, 0.4) is 0 Å². The molecule has 0 unspecified atom stereocenters. The van der Waals surface area contributed by atoms with E-state index in [9.17, 15) is 0 Å². The lowest BCUT2D eigenvalue weighted by atomic mass is 9.76. The highest BCUT2D eigenvalue weighted by Crippen LogP contribution is 2.39. The molecule has 1 heterocycles. The maximum Gasteiger partial charge on any atom is 0.0937 e. The summed E-state index contributed by atoms with van der Waals surface area (Å²) in [5.41, 5.74) is 5.21. The molecule has 0 radical (unpaired) electrons. The molecule has 2 aromatic rings. The van der Waals surface area contributed by atoms with Crippen LogP contribution < -0.4 is 0 Å². The van der Waals surface area contributed by atoms with Gasteiger partial charge in [-0.15, -0.1) is 0 Å². The van der Waals surface area contributed by atoms with Gasteiger partial charge in [0.05, 0.1) is 27.8 Å². The number of hydrogen-bond acceptors (Lipinski definition) is 3. The molecule has 0 saturated heterocycles. The second kappa shape index (κ2) is 10.3. The fourth-order valence-corrected chi connectivity index (χ4v) is 4.78. The summed E-state index contributed by atoms with van der Waals surface area (Å²) >= 11 is 11.1. The van der Waals surface area contributed by atoms with Gasteiger partial charge in [-0.2, -0.15) is 4.99 Å². The Balaban J connectivity index is 1.69. The van der Waals surface area contributed by atoms with Gasteiger partial charge in [0, 0.05) is 5.56 Å². The molecular weight excluding hydrogens is 384 g/mol. The van der Waals surface area contributed by atoms with E-state index in [0.717, 1.165) is 17.2 Å². The van der Waals surface area contributed by atoms with E-state index in [4.69, 9.17) is 11.6 Å². The third-order valence-corrected chi connectivity index (χ3v) is 6.42. The van der Waals surface area contributed by atoms with Crippen LogP contribution in [0.5, 0.6) is 0 Å². The van der Waals surface area contributed by atoms with E-state index < -0.39 is 0 Å². The van der Waals surface area contributed by atoms with Gasteiger partial charge in [0.1, 0.15) is 0 Å². The SMILES string of the molecule is CCCCCC1CCC(c2ccc(-c3ncc(N=C=S)cc3Cl)c(C)c2)CC1. The standard InChI is InChI=1S/C24H29ClN2S/c1-3-4-5-6-18-7-9-19(10-8-18)20-11-12-22(17(2)13-20)24-23(25)14-21(15-26-24)27-16-28/h11-15,18-19H,3-10H2,1-2H3. The number of unbranched alkanes of at least 4 members (excludes halogenated alkanes) is 2. The highest BCUT2D eigenvalue weighted by molar-refractivity contribution is 7.78. The Labute approximate surface area is 179 Å². The molecule has 0 atom stereocenters. The second-order valence-corrected chi connectivity index (χ2v) is 8.60. The van der Waals surface area contributed by atoms with Crippen molar-refractivity contribution >= 4 is 34.7 Å². The zero-order chi connectivity index (χ0) is 19.9. The lowest BCUT2D eigenvalue weighted by Gasteiger charge is -2.29. The zero-order valence-corrected chi connectivity index (χ0v) is 18.5. The Kier molecular flexibility index (Phi) is 7.79. The van der Waals surface area contributed by atoms with Crippen LogP contribution in [0.4, 0.5) is 5.69 Å². The second-order valence-electron chi connectivity index (χ2n) is 8.01. The van der Waals surface area contributed by atoms with Crippen LogP contribution in [0.1, 0.15) is 75.3 Å². The Morgan fingerprint density at radius 1 is 1.18 bits per heavy atom. The number of rotatable bonds is 7. The average Bonchev–Trinajstić information content (AvgIpc) is 2.70. The predicted molar refractivity (Wildman–Crippen MR) is 123 cm³/mol. The van der Waals surface area contributed by atoms with Gasteiger partial charge >= 0.3 is 0 Å². The lowest BCUT2D eigenvalue weighted by Crippen LogP contribution is -2.13. The largest absolute Gasteiger partial charge is 0.252 e. The number of aryl methyl sites for hydroxylation is 1. The summed E-state index contributed by atoms with van der Waals surface area (Å²) < 4.78 is 0. The summed E-state index contributed by atoms with van der Waals surface area (Å²) in [6, 6.07) is 8.56. The van der Waals surface area contributed by atoms with E-state index in [1.807, 2.05) is 0 Å². The van der Waals surface area contributed by atoms with Crippen LogP contribution in [0.15, 0.2) is 35.5 Å². The minimum atomic E-state index is 0.593. The predicted octanol–water partition coefficient (Wildman–Crippen LogP) is 8.30. The first kappa shape index (κ1) is 21.2. The molecule has 0 bridgehead atoms. The third kappa shape index (κ3) is 5.29. The normalized spacial score (nSPS) is 19.2. The van der Waals surface area contributed by atoms with Gasteiger partial charge in [-0.05, 0) is 73.9 Å². The monoisotopic (exact) mass is 412 g/mol. The first-order chi connectivity index (χ1) is 13.6. The molecule has 28 heavy (non-hydrogen) atoms. The van der Waals surface area contributed by atoms with Crippen molar-refractivity contribution in [3.8, 4) is 11.3 Å². The molecule has 1 aliphatic rings. The van der Waals surface area contributed by atoms with Gasteiger partial charge in [0.2, 0.25) is 0 Å². The molecule has 1 fully saturated rings. The summed E-state index contributed by atoms with van der Waals surface area (Å²) in [5, 5.41) is 2.94. The molecule has 1 aromatic carbocycles. The molecule has 0 N–H and O–H groups in total. The topological polar surface area (TPSA) is 25.2 Å². The van der Waals surface area contributed by atoms with E-state index in [2.05, 4.69) is 59.4 Å². The number of isothiocyanates is 1. The molecule has 4 heteroatoms.